The van der Waals surface area contributed by atoms with E-state index in [1.54, 1.807) is 0 Å². The fraction of sp³-hybridized carbons (Fsp3) is 0.400. The highest BCUT2D eigenvalue weighted by molar-refractivity contribution is 5.28. The summed E-state index contributed by atoms with van der Waals surface area (Å²) in [4.78, 5) is 0. The highest BCUT2D eigenvalue weighted by Crippen LogP contribution is 2.09. The molecule has 0 saturated heterocycles. The van der Waals surface area contributed by atoms with Gasteiger partial charge in [0.15, 0.2) is 0 Å². The molecule has 0 heterocycles. The van der Waals surface area contributed by atoms with Crippen LogP contribution in [-0.4, -0.2) is 13.6 Å². The Labute approximate surface area is 68.5 Å². The first-order valence-corrected chi connectivity index (χ1v) is 4.03. The van der Waals surface area contributed by atoms with Gasteiger partial charge in [-0.2, -0.15) is 0 Å². The Kier molecular flexibility index (Phi) is 3.12. The minimum absolute atomic E-state index is 0.563. The first-order chi connectivity index (χ1) is 5.33. The lowest BCUT2D eigenvalue weighted by Crippen LogP contribution is -2.09. The van der Waals surface area contributed by atoms with Gasteiger partial charge >= 0.3 is 0 Å². The Morgan fingerprint density at radius 1 is 1.45 bits per heavy atom. The van der Waals surface area contributed by atoms with Crippen molar-refractivity contribution in [2.45, 2.75) is 6.92 Å². The van der Waals surface area contributed by atoms with Crippen molar-refractivity contribution in [3.05, 3.63) is 36.0 Å². The van der Waals surface area contributed by atoms with Crippen molar-refractivity contribution in [3.8, 4) is 0 Å². The fourth-order valence-corrected chi connectivity index (χ4v) is 1.19. The fourth-order valence-electron chi connectivity index (χ4n) is 1.19. The quantitative estimate of drug-likeness (QED) is 0.632. The summed E-state index contributed by atoms with van der Waals surface area (Å²) < 4.78 is 0. The average molecular weight is 149 g/mol. The van der Waals surface area contributed by atoms with Crippen LogP contribution in [0.5, 0.6) is 0 Å². The van der Waals surface area contributed by atoms with Crippen LogP contribution in [0.1, 0.15) is 6.92 Å². The van der Waals surface area contributed by atoms with Crippen LogP contribution in [0.2, 0.25) is 0 Å². The van der Waals surface area contributed by atoms with Crippen molar-refractivity contribution in [1.82, 2.24) is 5.32 Å². The zero-order valence-electron chi connectivity index (χ0n) is 7.17. The Morgan fingerprint density at radius 2 is 2.27 bits per heavy atom. The van der Waals surface area contributed by atoms with E-state index in [1.165, 1.54) is 5.57 Å². The molecule has 1 unspecified atom stereocenters. The molecule has 1 heteroatoms. The summed E-state index contributed by atoms with van der Waals surface area (Å²) in [6.07, 6.45) is 10.8. The molecule has 0 spiro atoms. The van der Waals surface area contributed by atoms with Gasteiger partial charge in [0.1, 0.15) is 0 Å². The van der Waals surface area contributed by atoms with Gasteiger partial charge in [-0.1, -0.05) is 37.3 Å². The minimum Gasteiger partial charge on any atom is -0.316 e. The Balaban J connectivity index is 2.63. The molecular weight excluding hydrogens is 134 g/mol. The van der Waals surface area contributed by atoms with E-state index in [0.29, 0.717) is 5.92 Å². The summed E-state index contributed by atoms with van der Waals surface area (Å²) in [6, 6.07) is 0. The number of nitrogens with one attached hydrogen (secondary N) is 1. The maximum absolute atomic E-state index is 3.14. The lowest BCUT2D eigenvalue weighted by molar-refractivity contribution is 0.866. The standard InChI is InChI=1S/C10H15N/c1-9-5-3-4-6-10(7-9)8-11-2/h3-7,9,11H,8H2,1-2H3. The van der Waals surface area contributed by atoms with Crippen molar-refractivity contribution < 1.29 is 0 Å². The lowest BCUT2D eigenvalue weighted by Gasteiger charge is -2.01. The largest absolute Gasteiger partial charge is 0.316 e. The first kappa shape index (κ1) is 8.28. The molecule has 1 aliphatic carbocycles. The highest BCUT2D eigenvalue weighted by atomic mass is 14.8. The number of hydrogen-bond acceptors (Lipinski definition) is 1. The molecule has 1 N–H and O–H groups in total. The predicted molar refractivity (Wildman–Crippen MR) is 49.5 cm³/mol. The van der Waals surface area contributed by atoms with Crippen molar-refractivity contribution in [3.63, 3.8) is 0 Å². The molecule has 1 atom stereocenters. The molecule has 1 rings (SSSR count). The number of allylic oxidation sites excluding steroid dienone is 4. The van der Waals surface area contributed by atoms with Gasteiger partial charge < -0.3 is 5.32 Å². The highest BCUT2D eigenvalue weighted by Gasteiger charge is 1.96. The average Bonchev–Trinajstić information content (AvgIpc) is 2.15. The van der Waals surface area contributed by atoms with Crippen molar-refractivity contribution in [1.29, 1.82) is 0 Å². The molecule has 0 amide bonds. The van der Waals surface area contributed by atoms with Crippen molar-refractivity contribution in [2.75, 3.05) is 13.6 Å². The van der Waals surface area contributed by atoms with E-state index < -0.39 is 0 Å². The predicted octanol–water partition coefficient (Wildman–Crippen LogP) is 1.89. The van der Waals surface area contributed by atoms with E-state index in [-0.39, 0.29) is 0 Å². The van der Waals surface area contributed by atoms with Gasteiger partial charge in [-0.25, -0.2) is 0 Å². The summed E-state index contributed by atoms with van der Waals surface area (Å²) in [5.74, 6) is 0.563. The van der Waals surface area contributed by atoms with Gasteiger partial charge in [0, 0.05) is 6.54 Å². The molecule has 1 nitrogen and oxygen atoms in total. The lowest BCUT2D eigenvalue weighted by atomic mass is 10.1. The summed E-state index contributed by atoms with van der Waals surface area (Å²) in [5.41, 5.74) is 1.37. The van der Waals surface area contributed by atoms with E-state index in [9.17, 15) is 0 Å². The van der Waals surface area contributed by atoms with Gasteiger partial charge in [-0.15, -0.1) is 0 Å². The summed E-state index contributed by atoms with van der Waals surface area (Å²) in [7, 11) is 1.97. The molecule has 1 aliphatic rings. The van der Waals surface area contributed by atoms with Crippen molar-refractivity contribution >= 4 is 0 Å². The minimum atomic E-state index is 0.563. The summed E-state index contributed by atoms with van der Waals surface area (Å²) in [6.45, 7) is 3.15. The van der Waals surface area contributed by atoms with E-state index in [0.717, 1.165) is 6.54 Å². The van der Waals surface area contributed by atoms with Crippen LogP contribution >= 0.6 is 0 Å². The first-order valence-electron chi connectivity index (χ1n) is 4.03. The molecule has 0 radical (unpaired) electrons. The molecule has 0 aromatic heterocycles. The molecule has 11 heavy (non-hydrogen) atoms. The molecular formula is C10H15N. The van der Waals surface area contributed by atoms with Crippen LogP contribution in [0.3, 0.4) is 0 Å². The Morgan fingerprint density at radius 3 is 3.00 bits per heavy atom. The maximum atomic E-state index is 3.14. The Bertz CT molecular complexity index is 199. The van der Waals surface area contributed by atoms with Crippen LogP contribution in [0.25, 0.3) is 0 Å². The summed E-state index contributed by atoms with van der Waals surface area (Å²) >= 11 is 0. The number of hydrogen-bond donors (Lipinski definition) is 1. The van der Waals surface area contributed by atoms with Crippen LogP contribution in [-0.2, 0) is 0 Å². The van der Waals surface area contributed by atoms with E-state index in [2.05, 4.69) is 42.6 Å². The van der Waals surface area contributed by atoms with Gasteiger partial charge in [-0.3, -0.25) is 0 Å². The van der Waals surface area contributed by atoms with Crippen LogP contribution in [0.15, 0.2) is 36.0 Å². The van der Waals surface area contributed by atoms with E-state index in [1.807, 2.05) is 7.05 Å². The van der Waals surface area contributed by atoms with Crippen LogP contribution in [0.4, 0.5) is 0 Å². The molecule has 0 bridgehead atoms. The van der Waals surface area contributed by atoms with Gasteiger partial charge in [0.05, 0.1) is 0 Å². The van der Waals surface area contributed by atoms with Crippen LogP contribution < -0.4 is 5.32 Å². The molecule has 0 saturated carbocycles. The second-order valence-electron chi connectivity index (χ2n) is 2.88. The number of rotatable bonds is 2. The van der Waals surface area contributed by atoms with Crippen LogP contribution in [0, 0.1) is 5.92 Å². The molecule has 0 aliphatic heterocycles. The number of likely N-dealkylation sites (N-methyl/N-ethyl adjacent to an activating group) is 1. The third-order valence-corrected chi connectivity index (χ3v) is 1.69. The SMILES string of the molecule is CNCC1=CC(C)C=CC=C1. The molecule has 60 valence electrons. The second-order valence-corrected chi connectivity index (χ2v) is 2.88. The van der Waals surface area contributed by atoms with Gasteiger partial charge in [0.2, 0.25) is 0 Å². The third-order valence-electron chi connectivity index (χ3n) is 1.69. The van der Waals surface area contributed by atoms with Crippen molar-refractivity contribution in [2.24, 2.45) is 5.92 Å². The monoisotopic (exact) mass is 149 g/mol. The second kappa shape index (κ2) is 4.14. The van der Waals surface area contributed by atoms with E-state index in [4.69, 9.17) is 0 Å². The van der Waals surface area contributed by atoms with Gasteiger partial charge in [-0.05, 0) is 18.5 Å². The zero-order chi connectivity index (χ0) is 8.10. The molecule has 0 fully saturated rings. The third kappa shape index (κ3) is 2.72. The zero-order valence-corrected chi connectivity index (χ0v) is 7.17. The normalized spacial score (nSPS) is 23.1. The molecule has 0 aromatic rings. The van der Waals surface area contributed by atoms with E-state index >= 15 is 0 Å². The Hall–Kier alpha value is -0.820. The summed E-state index contributed by atoms with van der Waals surface area (Å²) in [5, 5.41) is 3.14. The van der Waals surface area contributed by atoms with Gasteiger partial charge in [0.25, 0.3) is 0 Å². The smallest absolute Gasteiger partial charge is 0.0199 e. The maximum Gasteiger partial charge on any atom is 0.0199 e. The topological polar surface area (TPSA) is 12.0 Å². The molecule has 0 aromatic carbocycles.